The second-order valence-electron chi connectivity index (χ2n) is 6.77. The Kier molecular flexibility index (Phi) is 5.66. The van der Waals surface area contributed by atoms with Crippen LogP contribution in [-0.2, 0) is 12.8 Å². The number of halogens is 2. The van der Waals surface area contributed by atoms with Gasteiger partial charge in [-0.3, -0.25) is 0 Å². The Hall–Kier alpha value is -3.18. The molecule has 0 aliphatic carbocycles. The summed E-state index contributed by atoms with van der Waals surface area (Å²) in [4.78, 5) is 4.72. The standard InChI is InChI=1S/C21H16F2N4O3S2/c1-27-18(12-2-5-15(6-3-12)30-20(22)23)25-26-21(27)32-10-14-9-31-19(24-14)13-4-7-16-17(8-13)29-11-28-16/h2-9,20H,10-11H2,1H3. The minimum atomic E-state index is -2.85. The van der Waals surface area contributed by atoms with Gasteiger partial charge in [0.2, 0.25) is 6.79 Å². The molecule has 0 amide bonds. The zero-order valence-electron chi connectivity index (χ0n) is 16.7. The summed E-state index contributed by atoms with van der Waals surface area (Å²) in [5.74, 6) is 2.84. The molecule has 0 saturated carbocycles. The van der Waals surface area contributed by atoms with Gasteiger partial charge in [-0.2, -0.15) is 8.78 Å². The Labute approximate surface area is 190 Å². The molecule has 0 spiro atoms. The van der Waals surface area contributed by atoms with E-state index in [2.05, 4.69) is 14.9 Å². The normalized spacial score (nSPS) is 12.5. The fourth-order valence-corrected chi connectivity index (χ4v) is 4.88. The predicted octanol–water partition coefficient (Wildman–Crippen LogP) is 5.23. The van der Waals surface area contributed by atoms with Crippen LogP contribution in [0.2, 0.25) is 0 Å². The van der Waals surface area contributed by atoms with Gasteiger partial charge in [-0.25, -0.2) is 4.98 Å². The van der Waals surface area contributed by atoms with Crippen molar-refractivity contribution in [3.05, 3.63) is 53.5 Å². The monoisotopic (exact) mass is 474 g/mol. The lowest BCUT2D eigenvalue weighted by molar-refractivity contribution is -0.0498. The number of fused-ring (bicyclic) bond motifs is 1. The van der Waals surface area contributed by atoms with Crippen LogP contribution in [0.4, 0.5) is 8.78 Å². The Balaban J connectivity index is 1.26. The van der Waals surface area contributed by atoms with E-state index in [1.54, 1.807) is 23.5 Å². The molecule has 0 fully saturated rings. The number of thioether (sulfide) groups is 1. The maximum Gasteiger partial charge on any atom is 0.387 e. The van der Waals surface area contributed by atoms with E-state index in [1.807, 2.05) is 35.2 Å². The lowest BCUT2D eigenvalue weighted by Crippen LogP contribution is -2.01. The number of hydrogen-bond acceptors (Lipinski definition) is 8. The van der Waals surface area contributed by atoms with Gasteiger partial charge in [0.25, 0.3) is 0 Å². The van der Waals surface area contributed by atoms with Gasteiger partial charge in [0.1, 0.15) is 10.8 Å². The van der Waals surface area contributed by atoms with E-state index in [1.165, 1.54) is 23.9 Å². The lowest BCUT2D eigenvalue weighted by Gasteiger charge is -2.06. The van der Waals surface area contributed by atoms with Crippen LogP contribution in [0.5, 0.6) is 17.2 Å². The molecule has 3 heterocycles. The molecule has 11 heteroatoms. The molecule has 1 aliphatic heterocycles. The van der Waals surface area contributed by atoms with E-state index in [9.17, 15) is 8.78 Å². The molecule has 2 aromatic carbocycles. The third-order valence-electron chi connectivity index (χ3n) is 4.69. The van der Waals surface area contributed by atoms with Crippen molar-refractivity contribution in [2.75, 3.05) is 6.79 Å². The summed E-state index contributed by atoms with van der Waals surface area (Å²) in [5, 5.41) is 12.1. The average Bonchev–Trinajstić information content (AvgIpc) is 3.52. The maximum absolute atomic E-state index is 12.3. The van der Waals surface area contributed by atoms with Crippen molar-refractivity contribution in [3.63, 3.8) is 0 Å². The second-order valence-corrected chi connectivity index (χ2v) is 8.57. The first kappa shape index (κ1) is 20.7. The van der Waals surface area contributed by atoms with Crippen LogP contribution < -0.4 is 14.2 Å². The number of aromatic nitrogens is 4. The summed E-state index contributed by atoms with van der Waals surface area (Å²) in [7, 11) is 1.86. The molecule has 1 aliphatic rings. The summed E-state index contributed by atoms with van der Waals surface area (Å²) in [5.41, 5.74) is 2.67. The number of rotatable bonds is 7. The molecule has 4 aromatic rings. The number of alkyl halides is 2. The summed E-state index contributed by atoms with van der Waals surface area (Å²) >= 11 is 3.09. The number of thiazole rings is 1. The zero-order chi connectivity index (χ0) is 22.1. The van der Waals surface area contributed by atoms with Gasteiger partial charge in [0.05, 0.1) is 5.69 Å². The van der Waals surface area contributed by atoms with Gasteiger partial charge in [-0.1, -0.05) is 11.8 Å². The van der Waals surface area contributed by atoms with Crippen molar-refractivity contribution in [2.24, 2.45) is 7.05 Å². The van der Waals surface area contributed by atoms with Crippen molar-refractivity contribution < 1.29 is 23.0 Å². The van der Waals surface area contributed by atoms with Gasteiger partial charge in [0.15, 0.2) is 22.5 Å². The van der Waals surface area contributed by atoms with E-state index in [0.717, 1.165) is 38.5 Å². The van der Waals surface area contributed by atoms with Crippen LogP contribution >= 0.6 is 23.1 Å². The Morgan fingerprint density at radius 3 is 2.69 bits per heavy atom. The molecular weight excluding hydrogens is 458 g/mol. The Morgan fingerprint density at radius 1 is 1.09 bits per heavy atom. The minimum Gasteiger partial charge on any atom is -0.454 e. The molecule has 0 N–H and O–H groups in total. The number of ether oxygens (including phenoxy) is 3. The van der Waals surface area contributed by atoms with E-state index in [-0.39, 0.29) is 12.5 Å². The van der Waals surface area contributed by atoms with Crippen LogP contribution in [0.3, 0.4) is 0 Å². The molecule has 0 atom stereocenters. The summed E-state index contributed by atoms with van der Waals surface area (Å²) in [6.07, 6.45) is 0. The van der Waals surface area contributed by atoms with Crippen molar-refractivity contribution in [2.45, 2.75) is 17.5 Å². The van der Waals surface area contributed by atoms with Gasteiger partial charge in [0, 0.05) is 29.3 Å². The molecular formula is C21H16F2N4O3S2. The fraction of sp³-hybridized carbons (Fsp3) is 0.190. The molecule has 32 heavy (non-hydrogen) atoms. The third-order valence-corrected chi connectivity index (χ3v) is 6.69. The highest BCUT2D eigenvalue weighted by Crippen LogP contribution is 2.37. The van der Waals surface area contributed by atoms with Crippen molar-refractivity contribution in [1.82, 2.24) is 19.7 Å². The molecule has 0 unspecified atom stereocenters. The van der Waals surface area contributed by atoms with Crippen LogP contribution in [0.1, 0.15) is 5.69 Å². The minimum absolute atomic E-state index is 0.0994. The Bertz CT molecular complexity index is 1240. The molecule has 0 radical (unpaired) electrons. The van der Waals surface area contributed by atoms with Crippen molar-refractivity contribution in [1.29, 1.82) is 0 Å². The van der Waals surface area contributed by atoms with E-state index in [0.29, 0.717) is 11.6 Å². The largest absolute Gasteiger partial charge is 0.454 e. The zero-order valence-corrected chi connectivity index (χ0v) is 18.3. The van der Waals surface area contributed by atoms with Gasteiger partial charge in [-0.15, -0.1) is 21.5 Å². The second kappa shape index (κ2) is 8.75. The van der Waals surface area contributed by atoms with Crippen LogP contribution in [0.25, 0.3) is 22.0 Å². The molecule has 0 bridgehead atoms. The van der Waals surface area contributed by atoms with Gasteiger partial charge >= 0.3 is 6.61 Å². The topological polar surface area (TPSA) is 71.3 Å². The SMILES string of the molecule is Cn1c(SCc2csc(-c3ccc4c(c3)OCO4)n2)nnc1-c1ccc(OC(F)F)cc1. The van der Waals surface area contributed by atoms with Gasteiger partial charge in [-0.05, 0) is 42.5 Å². The smallest absolute Gasteiger partial charge is 0.387 e. The van der Waals surface area contributed by atoms with Crippen molar-refractivity contribution >= 4 is 23.1 Å². The van der Waals surface area contributed by atoms with E-state index in [4.69, 9.17) is 14.5 Å². The van der Waals surface area contributed by atoms with Crippen LogP contribution in [0, 0.1) is 0 Å². The molecule has 164 valence electrons. The van der Waals surface area contributed by atoms with Crippen LogP contribution in [-0.4, -0.2) is 33.2 Å². The number of hydrogen-bond donors (Lipinski definition) is 0. The van der Waals surface area contributed by atoms with Crippen LogP contribution in [0.15, 0.2) is 53.0 Å². The number of nitrogens with zero attached hydrogens (tertiary/aromatic N) is 4. The first-order valence-electron chi connectivity index (χ1n) is 9.48. The first-order chi connectivity index (χ1) is 15.6. The summed E-state index contributed by atoms with van der Waals surface area (Å²) in [6.45, 7) is -2.61. The van der Waals surface area contributed by atoms with Gasteiger partial charge < -0.3 is 18.8 Å². The van der Waals surface area contributed by atoms with E-state index < -0.39 is 6.61 Å². The summed E-state index contributed by atoms with van der Waals surface area (Å²) in [6, 6.07) is 12.1. The van der Waals surface area contributed by atoms with Crippen molar-refractivity contribution in [3.8, 4) is 39.2 Å². The Morgan fingerprint density at radius 2 is 1.88 bits per heavy atom. The highest BCUT2D eigenvalue weighted by molar-refractivity contribution is 7.98. The predicted molar refractivity (Wildman–Crippen MR) is 116 cm³/mol. The first-order valence-corrected chi connectivity index (χ1v) is 11.4. The maximum atomic E-state index is 12.3. The number of benzene rings is 2. The third kappa shape index (κ3) is 4.26. The molecule has 2 aromatic heterocycles. The fourth-order valence-electron chi connectivity index (χ4n) is 3.15. The quantitative estimate of drug-likeness (QED) is 0.340. The lowest BCUT2D eigenvalue weighted by atomic mass is 10.2. The highest BCUT2D eigenvalue weighted by atomic mass is 32.2. The summed E-state index contributed by atoms with van der Waals surface area (Å²) < 4.78 is 41.7. The average molecular weight is 475 g/mol. The van der Waals surface area contributed by atoms with E-state index >= 15 is 0 Å². The highest BCUT2D eigenvalue weighted by Gasteiger charge is 2.16. The molecule has 5 rings (SSSR count). The molecule has 0 saturated heterocycles. The molecule has 7 nitrogen and oxygen atoms in total.